The number of thiazole rings is 1. The molecule has 0 bridgehead atoms. The molecule has 0 fully saturated rings. The van der Waals surface area contributed by atoms with E-state index in [1.165, 1.54) is 5.56 Å². The topological polar surface area (TPSA) is 25.8 Å². The van der Waals surface area contributed by atoms with Crippen LogP contribution in [0.25, 0.3) is 21.8 Å². The molecule has 3 rings (SSSR count). The van der Waals surface area contributed by atoms with E-state index in [0.29, 0.717) is 5.92 Å². The Hall–Kier alpha value is -1.71. The highest BCUT2D eigenvalue weighted by molar-refractivity contribution is 7.13. The molecule has 2 aromatic heterocycles. The van der Waals surface area contributed by atoms with E-state index < -0.39 is 0 Å². The second-order valence-corrected chi connectivity index (χ2v) is 6.97. The second-order valence-electron chi connectivity index (χ2n) is 5.68. The zero-order valence-electron chi connectivity index (χ0n) is 12.6. The van der Waals surface area contributed by atoms with Crippen LogP contribution in [0.15, 0.2) is 48.1 Å². The molecule has 112 valence electrons. The molecule has 0 aliphatic carbocycles. The van der Waals surface area contributed by atoms with Gasteiger partial charge in [0.1, 0.15) is 5.01 Å². The lowest BCUT2D eigenvalue weighted by Gasteiger charge is -2.08. The summed E-state index contributed by atoms with van der Waals surface area (Å²) in [6, 6.07) is 9.88. The summed E-state index contributed by atoms with van der Waals surface area (Å²) < 4.78 is 0. The van der Waals surface area contributed by atoms with E-state index in [0.717, 1.165) is 33.3 Å². The van der Waals surface area contributed by atoms with Gasteiger partial charge < -0.3 is 0 Å². The molecule has 0 radical (unpaired) electrons. The first-order chi connectivity index (χ1) is 10.6. The summed E-state index contributed by atoms with van der Waals surface area (Å²) >= 11 is 7.60. The Morgan fingerprint density at radius 2 is 1.91 bits per heavy atom. The van der Waals surface area contributed by atoms with Crippen LogP contribution in [-0.2, 0) is 6.42 Å². The van der Waals surface area contributed by atoms with Crippen molar-refractivity contribution in [1.82, 2.24) is 9.97 Å². The van der Waals surface area contributed by atoms with E-state index in [4.69, 9.17) is 16.6 Å². The van der Waals surface area contributed by atoms with Gasteiger partial charge >= 0.3 is 0 Å². The number of halogens is 1. The molecule has 0 N–H and O–H groups in total. The number of rotatable bonds is 4. The van der Waals surface area contributed by atoms with Crippen LogP contribution in [0.3, 0.4) is 0 Å². The highest BCUT2D eigenvalue weighted by atomic mass is 35.5. The number of aromatic nitrogens is 2. The highest BCUT2D eigenvalue weighted by Gasteiger charge is 2.12. The second kappa shape index (κ2) is 6.59. The van der Waals surface area contributed by atoms with Crippen molar-refractivity contribution in [2.45, 2.75) is 20.3 Å². The van der Waals surface area contributed by atoms with Crippen molar-refractivity contribution < 1.29 is 0 Å². The zero-order valence-corrected chi connectivity index (χ0v) is 14.2. The molecule has 22 heavy (non-hydrogen) atoms. The predicted molar refractivity (Wildman–Crippen MR) is 94.3 cm³/mol. The predicted octanol–water partition coefficient (Wildman–Crippen LogP) is 5.72. The van der Waals surface area contributed by atoms with Crippen molar-refractivity contribution in [2.75, 3.05) is 0 Å². The van der Waals surface area contributed by atoms with Gasteiger partial charge in [-0.1, -0.05) is 37.6 Å². The monoisotopic (exact) mass is 328 g/mol. The summed E-state index contributed by atoms with van der Waals surface area (Å²) in [5.74, 6) is 0.608. The van der Waals surface area contributed by atoms with Gasteiger partial charge in [0, 0.05) is 33.9 Å². The first kappa shape index (κ1) is 15.2. The molecule has 3 aromatic rings. The van der Waals surface area contributed by atoms with Crippen LogP contribution in [0.5, 0.6) is 0 Å². The number of nitrogens with zero attached hydrogens (tertiary/aromatic N) is 2. The fraction of sp³-hybridized carbons (Fsp3) is 0.222. The fourth-order valence-corrected chi connectivity index (χ4v) is 3.38. The van der Waals surface area contributed by atoms with Gasteiger partial charge in [0.15, 0.2) is 0 Å². The van der Waals surface area contributed by atoms with Gasteiger partial charge in [-0.25, -0.2) is 4.98 Å². The van der Waals surface area contributed by atoms with Crippen LogP contribution in [0.2, 0.25) is 5.02 Å². The maximum absolute atomic E-state index is 5.94. The molecule has 0 saturated carbocycles. The van der Waals surface area contributed by atoms with Gasteiger partial charge in [-0.3, -0.25) is 4.98 Å². The third-order valence-corrected chi connectivity index (χ3v) is 4.54. The van der Waals surface area contributed by atoms with Crippen LogP contribution in [-0.4, -0.2) is 9.97 Å². The Bertz CT molecular complexity index is 763. The molecule has 4 heteroatoms. The van der Waals surface area contributed by atoms with Crippen molar-refractivity contribution in [3.63, 3.8) is 0 Å². The van der Waals surface area contributed by atoms with Crippen LogP contribution in [0.1, 0.15) is 19.4 Å². The number of hydrogen-bond donors (Lipinski definition) is 0. The average Bonchev–Trinajstić information content (AvgIpc) is 2.97. The maximum Gasteiger partial charge on any atom is 0.125 e. The third-order valence-electron chi connectivity index (χ3n) is 3.41. The normalized spacial score (nSPS) is 11.1. The molecule has 0 saturated heterocycles. The maximum atomic E-state index is 5.94. The molecule has 2 heterocycles. The molecular formula is C18H17ClN2S. The summed E-state index contributed by atoms with van der Waals surface area (Å²) in [6.07, 6.45) is 4.81. The molecular weight excluding hydrogens is 312 g/mol. The van der Waals surface area contributed by atoms with Crippen molar-refractivity contribution in [2.24, 2.45) is 5.92 Å². The lowest BCUT2D eigenvalue weighted by molar-refractivity contribution is 0.647. The first-order valence-corrected chi connectivity index (χ1v) is 8.54. The lowest BCUT2D eigenvalue weighted by atomic mass is 10.00. The minimum atomic E-state index is 0.608. The van der Waals surface area contributed by atoms with Gasteiger partial charge in [0.25, 0.3) is 0 Å². The average molecular weight is 329 g/mol. The summed E-state index contributed by atoms with van der Waals surface area (Å²) in [7, 11) is 0. The number of pyridine rings is 1. The first-order valence-electron chi connectivity index (χ1n) is 7.28. The molecule has 0 atom stereocenters. The summed E-state index contributed by atoms with van der Waals surface area (Å²) in [5.41, 5.74) is 4.51. The van der Waals surface area contributed by atoms with Crippen molar-refractivity contribution in [3.8, 4) is 21.8 Å². The summed E-state index contributed by atoms with van der Waals surface area (Å²) in [4.78, 5) is 9.06. The minimum Gasteiger partial charge on any atom is -0.264 e. The fourth-order valence-electron chi connectivity index (χ4n) is 2.38. The number of benzene rings is 1. The van der Waals surface area contributed by atoms with Gasteiger partial charge in [-0.05, 0) is 36.1 Å². The van der Waals surface area contributed by atoms with Crippen LogP contribution in [0.4, 0.5) is 0 Å². The molecule has 0 amide bonds. The zero-order chi connectivity index (χ0) is 15.5. The van der Waals surface area contributed by atoms with Crippen LogP contribution in [0, 0.1) is 5.92 Å². The molecule has 1 aromatic carbocycles. The smallest absolute Gasteiger partial charge is 0.125 e. The van der Waals surface area contributed by atoms with E-state index in [1.807, 2.05) is 36.7 Å². The SMILES string of the molecule is CC(C)Cc1ccncc1-c1nc(-c2ccc(Cl)cc2)cs1. The van der Waals surface area contributed by atoms with Gasteiger partial charge in [0.05, 0.1) is 5.69 Å². The Balaban J connectivity index is 1.96. The molecule has 2 nitrogen and oxygen atoms in total. The standard InChI is InChI=1S/C18H17ClN2S/c1-12(2)9-14-7-8-20-10-16(14)18-21-17(11-22-18)13-3-5-15(19)6-4-13/h3-8,10-12H,9H2,1-2H3. The van der Waals surface area contributed by atoms with E-state index >= 15 is 0 Å². The van der Waals surface area contributed by atoms with Crippen molar-refractivity contribution in [1.29, 1.82) is 0 Å². The lowest BCUT2D eigenvalue weighted by Crippen LogP contribution is -1.97. The van der Waals surface area contributed by atoms with E-state index in [9.17, 15) is 0 Å². The summed E-state index contributed by atoms with van der Waals surface area (Å²) in [5, 5.41) is 3.85. The Morgan fingerprint density at radius 1 is 1.14 bits per heavy atom. The summed E-state index contributed by atoms with van der Waals surface area (Å²) in [6.45, 7) is 4.45. The Morgan fingerprint density at radius 3 is 2.64 bits per heavy atom. The number of hydrogen-bond acceptors (Lipinski definition) is 3. The third kappa shape index (κ3) is 3.37. The molecule has 0 aliphatic heterocycles. The van der Waals surface area contributed by atoms with E-state index in [-0.39, 0.29) is 0 Å². The Kier molecular flexibility index (Phi) is 4.55. The van der Waals surface area contributed by atoms with E-state index in [1.54, 1.807) is 11.3 Å². The van der Waals surface area contributed by atoms with Crippen molar-refractivity contribution in [3.05, 3.63) is 58.7 Å². The van der Waals surface area contributed by atoms with Crippen molar-refractivity contribution >= 4 is 22.9 Å². The highest BCUT2D eigenvalue weighted by Crippen LogP contribution is 2.31. The molecule has 0 unspecified atom stereocenters. The van der Waals surface area contributed by atoms with Gasteiger partial charge in [0.2, 0.25) is 0 Å². The largest absolute Gasteiger partial charge is 0.264 e. The minimum absolute atomic E-state index is 0.608. The van der Waals surface area contributed by atoms with E-state index in [2.05, 4.69) is 30.3 Å². The van der Waals surface area contributed by atoms with Crippen LogP contribution >= 0.6 is 22.9 Å². The van der Waals surface area contributed by atoms with Gasteiger partial charge in [-0.15, -0.1) is 11.3 Å². The molecule has 0 aliphatic rings. The van der Waals surface area contributed by atoms with Crippen LogP contribution < -0.4 is 0 Å². The Labute approximate surface area is 139 Å². The van der Waals surface area contributed by atoms with Gasteiger partial charge in [-0.2, -0.15) is 0 Å². The quantitative estimate of drug-likeness (QED) is 0.611. The molecule has 0 spiro atoms.